The van der Waals surface area contributed by atoms with Crippen LogP contribution < -0.4 is 0 Å². The summed E-state index contributed by atoms with van der Waals surface area (Å²) >= 11 is 3.34. The highest BCUT2D eigenvalue weighted by atomic mass is 79.9. The van der Waals surface area contributed by atoms with Gasteiger partial charge in [0.05, 0.1) is 0 Å². The molecule has 0 amide bonds. The Hall–Kier alpha value is -1.16. The Labute approximate surface area is 95.2 Å². The molecule has 0 radical (unpaired) electrons. The highest BCUT2D eigenvalue weighted by Crippen LogP contribution is 2.28. The fourth-order valence-electron chi connectivity index (χ4n) is 1.41. The molecule has 0 saturated carbocycles. The molecule has 0 N–H and O–H groups in total. The zero-order valence-corrected chi connectivity index (χ0v) is 9.71. The molecule has 4 heteroatoms. The SMILES string of the molecule is Cc1onc(-c2ccccc2F)c1CBr. The molecule has 2 nitrogen and oxygen atoms in total. The molecule has 0 aliphatic rings. The van der Waals surface area contributed by atoms with Crippen molar-refractivity contribution in [3.63, 3.8) is 0 Å². The Kier molecular flexibility index (Phi) is 2.86. The van der Waals surface area contributed by atoms with Crippen molar-refractivity contribution >= 4 is 15.9 Å². The van der Waals surface area contributed by atoms with Gasteiger partial charge >= 0.3 is 0 Å². The largest absolute Gasteiger partial charge is 0.361 e. The summed E-state index contributed by atoms with van der Waals surface area (Å²) in [5, 5.41) is 4.48. The first-order chi connectivity index (χ1) is 7.24. The number of nitrogens with zero attached hydrogens (tertiary/aromatic N) is 1. The Morgan fingerprint density at radius 1 is 1.40 bits per heavy atom. The number of hydrogen-bond donors (Lipinski definition) is 0. The molecule has 1 aromatic heterocycles. The zero-order chi connectivity index (χ0) is 10.8. The van der Waals surface area contributed by atoms with E-state index in [9.17, 15) is 4.39 Å². The van der Waals surface area contributed by atoms with Crippen molar-refractivity contribution in [3.05, 3.63) is 41.4 Å². The molecule has 0 saturated heterocycles. The Morgan fingerprint density at radius 2 is 2.13 bits per heavy atom. The number of aryl methyl sites for hydroxylation is 1. The molecular formula is C11H9BrFNO. The monoisotopic (exact) mass is 269 g/mol. The van der Waals surface area contributed by atoms with Crippen molar-refractivity contribution in [1.29, 1.82) is 0 Å². The van der Waals surface area contributed by atoms with E-state index in [0.717, 1.165) is 5.56 Å². The summed E-state index contributed by atoms with van der Waals surface area (Å²) in [6.07, 6.45) is 0. The van der Waals surface area contributed by atoms with E-state index in [2.05, 4.69) is 21.1 Å². The van der Waals surface area contributed by atoms with E-state index in [0.29, 0.717) is 22.3 Å². The molecule has 15 heavy (non-hydrogen) atoms. The minimum Gasteiger partial charge on any atom is -0.361 e. The van der Waals surface area contributed by atoms with Crippen molar-refractivity contribution in [2.45, 2.75) is 12.3 Å². The maximum Gasteiger partial charge on any atom is 0.138 e. The molecule has 0 aliphatic heterocycles. The van der Waals surface area contributed by atoms with Crippen LogP contribution in [-0.4, -0.2) is 5.16 Å². The van der Waals surface area contributed by atoms with Crippen molar-refractivity contribution in [3.8, 4) is 11.3 Å². The van der Waals surface area contributed by atoms with E-state index in [-0.39, 0.29) is 5.82 Å². The molecule has 0 aliphatic carbocycles. The van der Waals surface area contributed by atoms with Crippen molar-refractivity contribution in [2.24, 2.45) is 0 Å². The maximum atomic E-state index is 13.5. The number of rotatable bonds is 2. The number of aromatic nitrogens is 1. The Balaban J connectivity index is 2.59. The fourth-order valence-corrected chi connectivity index (χ4v) is 2.07. The van der Waals surface area contributed by atoms with Crippen LogP contribution in [0.25, 0.3) is 11.3 Å². The Morgan fingerprint density at radius 3 is 2.80 bits per heavy atom. The molecule has 0 atom stereocenters. The van der Waals surface area contributed by atoms with Crippen molar-refractivity contribution in [2.75, 3.05) is 0 Å². The van der Waals surface area contributed by atoms with Crippen molar-refractivity contribution < 1.29 is 8.91 Å². The molecule has 0 bridgehead atoms. The molecule has 0 unspecified atom stereocenters. The minimum atomic E-state index is -0.284. The van der Waals surface area contributed by atoms with E-state index in [4.69, 9.17) is 4.52 Å². The lowest BCUT2D eigenvalue weighted by atomic mass is 10.1. The summed E-state index contributed by atoms with van der Waals surface area (Å²) in [5.74, 6) is 0.429. The topological polar surface area (TPSA) is 26.0 Å². The van der Waals surface area contributed by atoms with Gasteiger partial charge in [0.1, 0.15) is 17.3 Å². The quantitative estimate of drug-likeness (QED) is 0.778. The number of hydrogen-bond acceptors (Lipinski definition) is 2. The van der Waals surface area contributed by atoms with Gasteiger partial charge in [0.2, 0.25) is 0 Å². The summed E-state index contributed by atoms with van der Waals surface area (Å²) < 4.78 is 18.6. The zero-order valence-electron chi connectivity index (χ0n) is 8.13. The van der Waals surface area contributed by atoms with E-state index in [1.807, 2.05) is 6.92 Å². The number of alkyl halides is 1. The fraction of sp³-hybridized carbons (Fsp3) is 0.182. The highest BCUT2D eigenvalue weighted by Gasteiger charge is 2.15. The van der Waals surface area contributed by atoms with Gasteiger partial charge in [-0.2, -0.15) is 0 Å². The van der Waals surface area contributed by atoms with Crippen LogP contribution in [0.4, 0.5) is 4.39 Å². The van der Waals surface area contributed by atoms with E-state index in [1.54, 1.807) is 18.2 Å². The molecule has 1 aromatic carbocycles. The molecule has 0 spiro atoms. The van der Waals surface area contributed by atoms with Gasteiger partial charge in [-0.25, -0.2) is 4.39 Å². The highest BCUT2D eigenvalue weighted by molar-refractivity contribution is 9.08. The molecule has 78 valence electrons. The normalized spacial score (nSPS) is 10.6. The molecule has 2 aromatic rings. The predicted molar refractivity (Wildman–Crippen MR) is 59.3 cm³/mol. The van der Waals surface area contributed by atoms with E-state index >= 15 is 0 Å². The third kappa shape index (κ3) is 1.81. The Bertz CT molecular complexity index is 481. The first-order valence-electron chi connectivity index (χ1n) is 4.50. The van der Waals surface area contributed by atoms with Crippen LogP contribution in [-0.2, 0) is 5.33 Å². The van der Waals surface area contributed by atoms with Gasteiger partial charge in [-0.3, -0.25) is 0 Å². The average Bonchev–Trinajstić information content (AvgIpc) is 2.60. The number of benzene rings is 1. The molecule has 1 heterocycles. The number of halogens is 2. The molecule has 2 rings (SSSR count). The first-order valence-corrected chi connectivity index (χ1v) is 5.62. The summed E-state index contributed by atoms with van der Waals surface area (Å²) in [5.41, 5.74) is 1.94. The minimum absolute atomic E-state index is 0.284. The van der Waals surface area contributed by atoms with Crippen LogP contribution >= 0.6 is 15.9 Å². The van der Waals surface area contributed by atoms with Gasteiger partial charge in [0.15, 0.2) is 0 Å². The van der Waals surface area contributed by atoms with Gasteiger partial charge < -0.3 is 4.52 Å². The van der Waals surface area contributed by atoms with Crippen LogP contribution in [0.5, 0.6) is 0 Å². The maximum absolute atomic E-state index is 13.5. The van der Waals surface area contributed by atoms with Gasteiger partial charge in [-0.05, 0) is 19.1 Å². The predicted octanol–water partition coefficient (Wildman–Crippen LogP) is 3.68. The third-order valence-corrected chi connectivity index (χ3v) is 2.81. The lowest BCUT2D eigenvalue weighted by Crippen LogP contribution is -1.88. The third-order valence-electron chi connectivity index (χ3n) is 2.25. The van der Waals surface area contributed by atoms with Crippen LogP contribution in [0.2, 0.25) is 0 Å². The van der Waals surface area contributed by atoms with Gasteiger partial charge in [0, 0.05) is 16.5 Å². The molecule has 0 fully saturated rings. The van der Waals surface area contributed by atoms with E-state index < -0.39 is 0 Å². The smallest absolute Gasteiger partial charge is 0.138 e. The van der Waals surface area contributed by atoms with Crippen LogP contribution in [0.1, 0.15) is 11.3 Å². The lowest BCUT2D eigenvalue weighted by molar-refractivity contribution is 0.398. The second-order valence-electron chi connectivity index (χ2n) is 3.18. The second-order valence-corrected chi connectivity index (χ2v) is 3.74. The van der Waals surface area contributed by atoms with Gasteiger partial charge in [-0.1, -0.05) is 33.2 Å². The average molecular weight is 270 g/mol. The van der Waals surface area contributed by atoms with Gasteiger partial charge in [0.25, 0.3) is 0 Å². The van der Waals surface area contributed by atoms with Crippen molar-refractivity contribution in [1.82, 2.24) is 5.16 Å². The summed E-state index contributed by atoms with van der Waals surface area (Å²) in [4.78, 5) is 0. The standard InChI is InChI=1S/C11H9BrFNO/c1-7-9(6-12)11(14-15-7)8-4-2-3-5-10(8)13/h2-5H,6H2,1H3. The summed E-state index contributed by atoms with van der Waals surface area (Å²) in [6, 6.07) is 6.54. The van der Waals surface area contributed by atoms with Crippen LogP contribution in [0.15, 0.2) is 28.8 Å². The van der Waals surface area contributed by atoms with Crippen LogP contribution in [0, 0.1) is 12.7 Å². The van der Waals surface area contributed by atoms with Crippen LogP contribution in [0.3, 0.4) is 0 Å². The van der Waals surface area contributed by atoms with E-state index in [1.165, 1.54) is 6.07 Å². The summed E-state index contributed by atoms with van der Waals surface area (Å²) in [6.45, 7) is 1.81. The second kappa shape index (κ2) is 4.14. The lowest BCUT2D eigenvalue weighted by Gasteiger charge is -2.00. The summed E-state index contributed by atoms with van der Waals surface area (Å²) in [7, 11) is 0. The first kappa shape index (κ1) is 10.4. The van der Waals surface area contributed by atoms with Gasteiger partial charge in [-0.15, -0.1) is 0 Å². The molecular weight excluding hydrogens is 261 g/mol.